The number of aryl methyl sites for hydroxylation is 1. The number of benzene rings is 2. The Morgan fingerprint density at radius 3 is 2.43 bits per heavy atom. The molecule has 2 fully saturated rings. The number of rotatable bonds is 21. The predicted molar refractivity (Wildman–Crippen MR) is 202 cm³/mol. The van der Waals surface area contributed by atoms with Gasteiger partial charge in [-0.25, -0.2) is 8.42 Å². The minimum Gasteiger partial charge on any atom is -0.490 e. The lowest BCUT2D eigenvalue weighted by Gasteiger charge is -2.30. The number of amides is 1. The monoisotopic (exact) mass is 753 g/mol. The number of carbonyl (C=O) groups is 1. The third-order valence-corrected chi connectivity index (χ3v) is 11.4. The first kappa shape index (κ1) is 40.7. The highest BCUT2D eigenvalue weighted by molar-refractivity contribution is 7.90. The number of aliphatic hydroxyl groups excluding tert-OH is 5. The summed E-state index contributed by atoms with van der Waals surface area (Å²) in [5.74, 6) is 0.289. The molecule has 1 aromatic heterocycles. The summed E-state index contributed by atoms with van der Waals surface area (Å²) in [7, 11) is -3.44. The fourth-order valence-electron chi connectivity index (χ4n) is 6.66. The smallest absolute Gasteiger partial charge is 0.222 e. The van der Waals surface area contributed by atoms with Crippen LogP contribution in [0.5, 0.6) is 5.75 Å². The van der Waals surface area contributed by atoms with E-state index in [0.717, 1.165) is 59.3 Å². The van der Waals surface area contributed by atoms with Gasteiger partial charge in [-0.3, -0.25) is 9.78 Å². The molecule has 2 aliphatic carbocycles. The molecular weight excluding hydrogens is 699 g/mol. The zero-order valence-electron chi connectivity index (χ0n) is 30.9. The van der Waals surface area contributed by atoms with Crippen LogP contribution in [0.15, 0.2) is 60.9 Å². The first-order valence-electron chi connectivity index (χ1n) is 18.5. The zero-order chi connectivity index (χ0) is 38.3. The molecule has 1 unspecified atom stereocenters. The molecule has 53 heavy (non-hydrogen) atoms. The molecule has 290 valence electrons. The number of hydrogen-bond donors (Lipinski definition) is 6. The number of ether oxygens (including phenoxy) is 1. The first-order chi connectivity index (χ1) is 25.2. The zero-order valence-corrected chi connectivity index (χ0v) is 31.7. The maximum atomic E-state index is 13.2. The Labute approximate surface area is 312 Å². The standard InChI is InChI=1S/C40H55N3O9S/c1-26(7-6-10-37(47)43(19-20-53(3,50)51)24-34(45)38(48)39(49)35(46)25-44)28-12-11-27(2)29(21-28)22-42-40(16-17-40)33-23-41-18-15-31(33)32-8-4-5-9-36(32)52-30-13-14-30/h4-5,8-9,11-12,15,18,21,23,26,30,34-35,38-39,42,44-46,48-49H,6-7,10,13-14,16-17,19-20,22,24-25H2,1-3H3/t26?,34-,35+,38+,39+/m0/s1. The summed E-state index contributed by atoms with van der Waals surface area (Å²) in [6.45, 7) is 3.40. The Morgan fingerprint density at radius 2 is 1.75 bits per heavy atom. The van der Waals surface area contributed by atoms with Gasteiger partial charge >= 0.3 is 0 Å². The van der Waals surface area contributed by atoms with Crippen molar-refractivity contribution in [1.29, 1.82) is 0 Å². The second kappa shape index (κ2) is 17.8. The maximum absolute atomic E-state index is 13.2. The molecule has 12 nitrogen and oxygen atoms in total. The average molecular weight is 754 g/mol. The molecule has 0 radical (unpaired) electrons. The van der Waals surface area contributed by atoms with Crippen LogP contribution in [0, 0.1) is 6.92 Å². The molecular formula is C40H55N3O9S. The Bertz CT molecular complexity index is 1800. The van der Waals surface area contributed by atoms with Crippen molar-refractivity contribution in [2.75, 3.05) is 31.7 Å². The highest BCUT2D eigenvalue weighted by Crippen LogP contribution is 2.50. The van der Waals surface area contributed by atoms with Crippen molar-refractivity contribution in [2.45, 2.75) is 107 Å². The SMILES string of the molecule is Cc1ccc(C(C)CCCC(=O)N(CCS(C)(=O)=O)C[C@H](O)[C@@H](O)[C@H](O)[C@H](O)CO)cc1CNC1(c2cnccc2-c2ccccc2OC2CC2)CC1. The molecule has 2 saturated carbocycles. The van der Waals surface area contributed by atoms with Crippen LogP contribution in [0.25, 0.3) is 11.1 Å². The molecule has 5 atom stereocenters. The summed E-state index contributed by atoms with van der Waals surface area (Å²) < 4.78 is 30.0. The van der Waals surface area contributed by atoms with Crippen LogP contribution < -0.4 is 10.1 Å². The van der Waals surface area contributed by atoms with Crippen molar-refractivity contribution < 1.29 is 43.5 Å². The molecule has 5 rings (SSSR count). The fourth-order valence-corrected chi connectivity index (χ4v) is 7.21. The number of aliphatic hydroxyl groups is 5. The van der Waals surface area contributed by atoms with E-state index in [0.29, 0.717) is 25.5 Å². The minimum absolute atomic E-state index is 0.0871. The second-order valence-electron chi connectivity index (χ2n) is 14.9. The highest BCUT2D eigenvalue weighted by Gasteiger charge is 2.46. The van der Waals surface area contributed by atoms with E-state index >= 15 is 0 Å². The van der Waals surface area contributed by atoms with Crippen molar-refractivity contribution in [1.82, 2.24) is 15.2 Å². The van der Waals surface area contributed by atoms with E-state index in [1.54, 1.807) is 0 Å². The predicted octanol–water partition coefficient (Wildman–Crippen LogP) is 2.96. The summed E-state index contributed by atoms with van der Waals surface area (Å²) in [5, 5.41) is 53.4. The van der Waals surface area contributed by atoms with Gasteiger partial charge < -0.3 is 40.5 Å². The van der Waals surface area contributed by atoms with Gasteiger partial charge in [0.25, 0.3) is 0 Å². The van der Waals surface area contributed by atoms with Gasteiger partial charge in [-0.15, -0.1) is 0 Å². The lowest BCUT2D eigenvalue weighted by molar-refractivity contribution is -0.139. The second-order valence-corrected chi connectivity index (χ2v) is 17.2. The molecule has 0 bridgehead atoms. The molecule has 1 amide bonds. The molecule has 0 aliphatic heterocycles. The Kier molecular flexibility index (Phi) is 13.7. The number of pyridine rings is 1. The van der Waals surface area contributed by atoms with E-state index in [4.69, 9.17) is 9.84 Å². The first-order valence-corrected chi connectivity index (χ1v) is 20.6. The van der Waals surface area contributed by atoms with E-state index in [1.807, 2.05) is 30.6 Å². The van der Waals surface area contributed by atoms with Crippen LogP contribution in [0.2, 0.25) is 0 Å². The normalized spacial score (nSPS) is 18.1. The number of nitrogens with one attached hydrogen (secondary N) is 1. The molecule has 2 aromatic carbocycles. The lowest BCUT2D eigenvalue weighted by Crippen LogP contribution is -2.51. The van der Waals surface area contributed by atoms with Crippen LogP contribution in [0.1, 0.15) is 80.0 Å². The molecule has 0 spiro atoms. The molecule has 0 saturated heterocycles. The molecule has 3 aromatic rings. The van der Waals surface area contributed by atoms with Crippen LogP contribution >= 0.6 is 0 Å². The van der Waals surface area contributed by atoms with Crippen molar-refractivity contribution >= 4 is 15.7 Å². The third-order valence-electron chi connectivity index (χ3n) is 10.5. The van der Waals surface area contributed by atoms with Gasteiger partial charge in [-0.1, -0.05) is 43.3 Å². The molecule has 1 heterocycles. The van der Waals surface area contributed by atoms with Gasteiger partial charge in [-0.05, 0) is 91.3 Å². The van der Waals surface area contributed by atoms with Gasteiger partial charge in [0.15, 0.2) is 0 Å². The minimum atomic E-state index is -3.44. The number of carbonyl (C=O) groups excluding carboxylic acids is 1. The summed E-state index contributed by atoms with van der Waals surface area (Å²) in [4.78, 5) is 18.9. The van der Waals surface area contributed by atoms with Crippen molar-refractivity contribution in [3.05, 3.63) is 83.2 Å². The van der Waals surface area contributed by atoms with Crippen molar-refractivity contribution in [3.8, 4) is 16.9 Å². The number of hydrogen-bond acceptors (Lipinski definition) is 11. The van der Waals surface area contributed by atoms with Crippen molar-refractivity contribution in [2.24, 2.45) is 0 Å². The van der Waals surface area contributed by atoms with E-state index in [9.17, 15) is 33.6 Å². The third kappa shape index (κ3) is 11.1. The quantitative estimate of drug-likeness (QED) is 0.0939. The van der Waals surface area contributed by atoms with Gasteiger partial charge in [0.2, 0.25) is 5.91 Å². The van der Waals surface area contributed by atoms with Crippen LogP contribution in [0.4, 0.5) is 0 Å². The van der Waals surface area contributed by atoms with Gasteiger partial charge in [0.1, 0.15) is 40.0 Å². The fraction of sp³-hybridized carbons (Fsp3) is 0.550. The number of aromatic nitrogens is 1. The van der Waals surface area contributed by atoms with Gasteiger partial charge in [0, 0.05) is 55.8 Å². The molecule has 2 aliphatic rings. The summed E-state index contributed by atoms with van der Waals surface area (Å²) in [5.41, 5.74) is 6.70. The summed E-state index contributed by atoms with van der Waals surface area (Å²) >= 11 is 0. The van der Waals surface area contributed by atoms with E-state index in [2.05, 4.69) is 54.5 Å². The van der Waals surface area contributed by atoms with Crippen LogP contribution in [-0.2, 0) is 26.7 Å². The summed E-state index contributed by atoms with van der Waals surface area (Å²) in [6.07, 6.45) is 3.53. The van der Waals surface area contributed by atoms with E-state index < -0.39 is 53.3 Å². The number of sulfone groups is 1. The molecule has 6 N–H and O–H groups in total. The van der Waals surface area contributed by atoms with E-state index in [-0.39, 0.29) is 30.2 Å². The maximum Gasteiger partial charge on any atom is 0.222 e. The Balaban J connectivity index is 1.20. The number of para-hydroxylation sites is 1. The van der Waals surface area contributed by atoms with Crippen LogP contribution in [-0.4, -0.2) is 112 Å². The van der Waals surface area contributed by atoms with Crippen molar-refractivity contribution in [3.63, 3.8) is 0 Å². The number of nitrogens with zero attached hydrogens (tertiary/aromatic N) is 2. The van der Waals surface area contributed by atoms with Gasteiger partial charge in [0.05, 0.1) is 18.5 Å². The van der Waals surface area contributed by atoms with Crippen LogP contribution in [0.3, 0.4) is 0 Å². The summed E-state index contributed by atoms with van der Waals surface area (Å²) in [6, 6.07) is 16.8. The van der Waals surface area contributed by atoms with E-state index in [1.165, 1.54) is 16.7 Å². The lowest BCUT2D eigenvalue weighted by atomic mass is 9.91. The average Bonchev–Trinajstić information content (AvgIpc) is 4.09. The topological polar surface area (TPSA) is 190 Å². The Hall–Kier alpha value is -3.43. The largest absolute Gasteiger partial charge is 0.490 e. The Morgan fingerprint density at radius 1 is 1.04 bits per heavy atom. The molecule has 13 heteroatoms. The highest BCUT2D eigenvalue weighted by atomic mass is 32.2. The van der Waals surface area contributed by atoms with Gasteiger partial charge in [-0.2, -0.15) is 0 Å².